The Morgan fingerprint density at radius 1 is 1.62 bits per heavy atom. The lowest BCUT2D eigenvalue weighted by Crippen LogP contribution is -2.25. The number of nitrogens with zero attached hydrogens (tertiary/aromatic N) is 3. The summed E-state index contributed by atoms with van der Waals surface area (Å²) in [5.41, 5.74) is 0.480. The van der Waals surface area contributed by atoms with Crippen LogP contribution in [0.1, 0.15) is 6.42 Å². The van der Waals surface area contributed by atoms with E-state index in [2.05, 4.69) is 10.2 Å². The van der Waals surface area contributed by atoms with Gasteiger partial charge in [0.15, 0.2) is 5.15 Å². The van der Waals surface area contributed by atoms with Gasteiger partial charge in [0.1, 0.15) is 0 Å². The lowest BCUT2D eigenvalue weighted by molar-refractivity contribution is -0.141. The molecule has 0 spiro atoms. The monoisotopic (exact) mass is 241 g/mol. The second kappa shape index (κ2) is 4.05. The summed E-state index contributed by atoms with van der Waals surface area (Å²) in [6.45, 7) is 0.149. The van der Waals surface area contributed by atoms with Gasteiger partial charge in [-0.25, -0.2) is 0 Å². The maximum atomic E-state index is 11.6. The van der Waals surface area contributed by atoms with Crippen LogP contribution in [0.3, 0.4) is 0 Å². The van der Waals surface area contributed by atoms with Crippen LogP contribution in [0.15, 0.2) is 12.3 Å². The highest BCUT2D eigenvalue weighted by Crippen LogP contribution is 2.25. The molecule has 1 aliphatic rings. The van der Waals surface area contributed by atoms with Gasteiger partial charge in [0.2, 0.25) is 5.91 Å². The van der Waals surface area contributed by atoms with Gasteiger partial charge in [-0.1, -0.05) is 11.6 Å². The molecule has 1 aromatic rings. The standard InChI is InChI=1S/C9H8ClN3O3/c10-7-2-6(3-11-12-7)13-4-5(9(15)16)1-8(13)14/h2-3,5H,1,4H2,(H,15,16). The van der Waals surface area contributed by atoms with Crippen LogP contribution in [0.4, 0.5) is 5.69 Å². The molecule has 0 saturated carbocycles. The Labute approximate surface area is 95.8 Å². The molecule has 1 saturated heterocycles. The average molecular weight is 242 g/mol. The number of carbonyl (C=O) groups excluding carboxylic acids is 1. The van der Waals surface area contributed by atoms with Crippen molar-refractivity contribution in [2.24, 2.45) is 5.92 Å². The van der Waals surface area contributed by atoms with E-state index in [0.717, 1.165) is 0 Å². The number of hydrogen-bond donors (Lipinski definition) is 1. The van der Waals surface area contributed by atoms with Crippen LogP contribution in [0.25, 0.3) is 0 Å². The molecule has 1 aromatic heterocycles. The van der Waals surface area contributed by atoms with E-state index in [1.54, 1.807) is 0 Å². The van der Waals surface area contributed by atoms with E-state index in [-0.39, 0.29) is 24.0 Å². The third kappa shape index (κ3) is 1.96. The Balaban J connectivity index is 2.23. The molecule has 1 unspecified atom stereocenters. The molecule has 1 aliphatic heterocycles. The van der Waals surface area contributed by atoms with E-state index in [1.807, 2.05) is 0 Å². The van der Waals surface area contributed by atoms with E-state index in [1.165, 1.54) is 17.2 Å². The molecule has 6 nitrogen and oxygen atoms in total. The lowest BCUT2D eigenvalue weighted by Gasteiger charge is -2.14. The van der Waals surface area contributed by atoms with Crippen LogP contribution in [-0.2, 0) is 9.59 Å². The van der Waals surface area contributed by atoms with Gasteiger partial charge in [-0.05, 0) is 0 Å². The Hall–Kier alpha value is -1.69. The quantitative estimate of drug-likeness (QED) is 0.818. The zero-order valence-electron chi connectivity index (χ0n) is 8.13. The molecule has 1 amide bonds. The fraction of sp³-hybridized carbons (Fsp3) is 0.333. The van der Waals surface area contributed by atoms with E-state index >= 15 is 0 Å². The molecular formula is C9H8ClN3O3. The number of carbonyl (C=O) groups is 2. The largest absolute Gasteiger partial charge is 0.481 e. The number of amides is 1. The van der Waals surface area contributed by atoms with Gasteiger partial charge in [0.25, 0.3) is 0 Å². The first kappa shape index (κ1) is 10.8. The van der Waals surface area contributed by atoms with Gasteiger partial charge in [-0.3, -0.25) is 9.59 Å². The fourth-order valence-electron chi connectivity index (χ4n) is 1.60. The summed E-state index contributed by atoms with van der Waals surface area (Å²) in [6, 6.07) is 1.48. The molecule has 16 heavy (non-hydrogen) atoms. The van der Waals surface area contributed by atoms with Gasteiger partial charge in [-0.15, -0.1) is 5.10 Å². The molecule has 1 fully saturated rings. The number of hydrogen-bond acceptors (Lipinski definition) is 4. The van der Waals surface area contributed by atoms with Crippen LogP contribution < -0.4 is 4.90 Å². The lowest BCUT2D eigenvalue weighted by atomic mass is 10.1. The van der Waals surface area contributed by atoms with E-state index in [0.29, 0.717) is 5.69 Å². The molecule has 2 heterocycles. The van der Waals surface area contributed by atoms with Gasteiger partial charge in [-0.2, -0.15) is 5.10 Å². The summed E-state index contributed by atoms with van der Waals surface area (Å²) >= 11 is 5.64. The van der Waals surface area contributed by atoms with Gasteiger partial charge < -0.3 is 10.0 Å². The summed E-state index contributed by atoms with van der Waals surface area (Å²) < 4.78 is 0. The number of anilines is 1. The van der Waals surface area contributed by atoms with Gasteiger partial charge in [0.05, 0.1) is 17.8 Å². The maximum absolute atomic E-state index is 11.6. The summed E-state index contributed by atoms with van der Waals surface area (Å²) in [4.78, 5) is 23.7. The van der Waals surface area contributed by atoms with Crippen molar-refractivity contribution in [1.29, 1.82) is 0 Å². The number of carboxylic acid groups (broad SMARTS) is 1. The van der Waals surface area contributed by atoms with Crippen molar-refractivity contribution in [3.8, 4) is 0 Å². The minimum absolute atomic E-state index is 0.00920. The van der Waals surface area contributed by atoms with Gasteiger partial charge >= 0.3 is 5.97 Å². The molecule has 7 heteroatoms. The second-order valence-corrected chi connectivity index (χ2v) is 3.87. The zero-order chi connectivity index (χ0) is 11.7. The predicted molar refractivity (Wildman–Crippen MR) is 55.1 cm³/mol. The highest BCUT2D eigenvalue weighted by Gasteiger charge is 2.35. The summed E-state index contributed by atoms with van der Waals surface area (Å²) in [7, 11) is 0. The van der Waals surface area contributed by atoms with Crippen molar-refractivity contribution in [3.63, 3.8) is 0 Å². The van der Waals surface area contributed by atoms with E-state index < -0.39 is 11.9 Å². The topological polar surface area (TPSA) is 83.4 Å². The smallest absolute Gasteiger partial charge is 0.308 e. The van der Waals surface area contributed by atoms with Crippen molar-refractivity contribution >= 4 is 29.2 Å². The first-order chi connectivity index (χ1) is 7.58. The zero-order valence-corrected chi connectivity index (χ0v) is 8.89. The normalized spacial score (nSPS) is 20.2. The number of halogens is 1. The van der Waals surface area contributed by atoms with Gasteiger partial charge in [0, 0.05) is 19.0 Å². The summed E-state index contributed by atoms with van der Waals surface area (Å²) in [5, 5.41) is 16.1. The van der Waals surface area contributed by atoms with Crippen LogP contribution in [-0.4, -0.2) is 33.7 Å². The molecule has 1 atom stereocenters. The number of aliphatic carboxylic acids is 1. The molecular weight excluding hydrogens is 234 g/mol. The van der Waals surface area contributed by atoms with Crippen molar-refractivity contribution in [2.45, 2.75) is 6.42 Å². The third-order valence-electron chi connectivity index (χ3n) is 2.40. The SMILES string of the molecule is O=C(O)C1CC(=O)N(c2cnnc(Cl)c2)C1. The highest BCUT2D eigenvalue weighted by atomic mass is 35.5. The maximum Gasteiger partial charge on any atom is 0.308 e. The van der Waals surface area contributed by atoms with Crippen molar-refractivity contribution in [3.05, 3.63) is 17.4 Å². The summed E-state index contributed by atoms with van der Waals surface area (Å²) in [5.74, 6) is -1.88. The fourth-order valence-corrected chi connectivity index (χ4v) is 1.76. The molecule has 0 bridgehead atoms. The molecule has 0 aliphatic carbocycles. The Morgan fingerprint density at radius 2 is 2.38 bits per heavy atom. The second-order valence-electron chi connectivity index (χ2n) is 3.48. The minimum atomic E-state index is -0.969. The van der Waals surface area contributed by atoms with Crippen molar-refractivity contribution < 1.29 is 14.7 Å². The van der Waals surface area contributed by atoms with Crippen LogP contribution >= 0.6 is 11.6 Å². The Morgan fingerprint density at radius 3 is 2.94 bits per heavy atom. The molecule has 0 aromatic carbocycles. The van der Waals surface area contributed by atoms with Crippen LogP contribution in [0.2, 0.25) is 5.15 Å². The number of aromatic nitrogens is 2. The molecule has 0 radical (unpaired) electrons. The van der Waals surface area contributed by atoms with Crippen molar-refractivity contribution in [2.75, 3.05) is 11.4 Å². The molecule has 1 N–H and O–H groups in total. The predicted octanol–water partition coefficient (Wildman–Crippen LogP) is 0.568. The van der Waals surface area contributed by atoms with Crippen LogP contribution in [0.5, 0.6) is 0 Å². The molecule has 84 valence electrons. The number of rotatable bonds is 2. The minimum Gasteiger partial charge on any atom is -0.481 e. The Bertz CT molecular complexity index is 451. The average Bonchev–Trinajstić information content (AvgIpc) is 2.60. The molecule has 2 rings (SSSR count). The highest BCUT2D eigenvalue weighted by molar-refractivity contribution is 6.29. The third-order valence-corrected chi connectivity index (χ3v) is 2.58. The summed E-state index contributed by atoms with van der Waals surface area (Å²) in [6.07, 6.45) is 1.39. The Kier molecular flexibility index (Phi) is 2.74. The first-order valence-corrected chi connectivity index (χ1v) is 4.97. The first-order valence-electron chi connectivity index (χ1n) is 4.59. The van der Waals surface area contributed by atoms with E-state index in [4.69, 9.17) is 16.7 Å². The number of carboxylic acids is 1. The van der Waals surface area contributed by atoms with E-state index in [9.17, 15) is 9.59 Å². The van der Waals surface area contributed by atoms with Crippen LogP contribution in [0, 0.1) is 5.92 Å². The van der Waals surface area contributed by atoms with Crippen molar-refractivity contribution in [1.82, 2.24) is 10.2 Å².